The van der Waals surface area contributed by atoms with Crippen LogP contribution in [0.15, 0.2) is 34.7 Å². The van der Waals surface area contributed by atoms with Gasteiger partial charge in [0, 0.05) is 24.0 Å². The van der Waals surface area contributed by atoms with E-state index in [0.717, 1.165) is 43.5 Å². The number of nitrogens with zero attached hydrogens (tertiary/aromatic N) is 3. The number of fused-ring (bicyclic) bond motifs is 1. The zero-order valence-corrected chi connectivity index (χ0v) is 17.3. The predicted molar refractivity (Wildman–Crippen MR) is 113 cm³/mol. The van der Waals surface area contributed by atoms with Crippen molar-refractivity contribution < 1.29 is 14.3 Å². The van der Waals surface area contributed by atoms with Crippen molar-refractivity contribution in [2.45, 2.75) is 25.8 Å². The van der Waals surface area contributed by atoms with Gasteiger partial charge in [-0.15, -0.1) is 11.3 Å². The van der Waals surface area contributed by atoms with Crippen LogP contribution in [-0.4, -0.2) is 47.7 Å². The molecule has 3 aromatic rings. The minimum absolute atomic E-state index is 0.0169. The zero-order chi connectivity index (χ0) is 20.4. The number of hydrogen-bond acceptors (Lipinski definition) is 6. The van der Waals surface area contributed by atoms with Gasteiger partial charge in [0.1, 0.15) is 11.4 Å². The number of carbonyl (C=O) groups excluding carboxylic acids is 1. The normalized spacial score (nSPS) is 14.2. The van der Waals surface area contributed by atoms with Gasteiger partial charge in [-0.3, -0.25) is 14.2 Å². The molecule has 0 N–H and O–H groups in total. The highest BCUT2D eigenvalue weighted by atomic mass is 32.1. The number of ether oxygens (including phenoxy) is 2. The summed E-state index contributed by atoms with van der Waals surface area (Å²) in [6, 6.07) is 5.54. The average Bonchev–Trinajstić information content (AvgIpc) is 3.20. The molecular weight excluding hydrogens is 390 g/mol. The van der Waals surface area contributed by atoms with Crippen molar-refractivity contribution in [2.75, 3.05) is 27.3 Å². The third-order valence-electron chi connectivity index (χ3n) is 5.27. The quantitative estimate of drug-likeness (QED) is 0.642. The summed E-state index contributed by atoms with van der Waals surface area (Å²) >= 11 is 1.41. The first kappa shape index (κ1) is 19.4. The molecule has 1 aliphatic rings. The second-order valence-electron chi connectivity index (χ2n) is 7.02. The van der Waals surface area contributed by atoms with E-state index >= 15 is 0 Å². The summed E-state index contributed by atoms with van der Waals surface area (Å²) < 4.78 is 12.1. The fourth-order valence-corrected chi connectivity index (χ4v) is 4.59. The Hall–Kier alpha value is -2.87. The van der Waals surface area contributed by atoms with Gasteiger partial charge in [-0.2, -0.15) is 0 Å². The topological polar surface area (TPSA) is 73.7 Å². The number of likely N-dealkylation sites (tertiary alicyclic amines) is 1. The number of rotatable bonds is 5. The van der Waals surface area contributed by atoms with Crippen molar-refractivity contribution in [3.8, 4) is 22.6 Å². The Morgan fingerprint density at radius 2 is 1.90 bits per heavy atom. The summed E-state index contributed by atoms with van der Waals surface area (Å²) in [5, 5.41) is 2.44. The molecule has 3 heterocycles. The van der Waals surface area contributed by atoms with Gasteiger partial charge in [-0.25, -0.2) is 4.98 Å². The minimum atomic E-state index is -0.202. The smallest absolute Gasteiger partial charge is 0.263 e. The Balaban J connectivity index is 1.71. The number of hydrogen-bond donors (Lipinski definition) is 0. The fraction of sp³-hybridized carbons (Fsp3) is 0.381. The Bertz CT molecular complexity index is 1100. The lowest BCUT2D eigenvalue weighted by Gasteiger charge is -2.26. The van der Waals surface area contributed by atoms with E-state index in [1.54, 1.807) is 14.2 Å². The largest absolute Gasteiger partial charge is 0.493 e. The summed E-state index contributed by atoms with van der Waals surface area (Å²) in [4.78, 5) is 32.7. The molecule has 7 nitrogen and oxygen atoms in total. The second kappa shape index (κ2) is 8.24. The van der Waals surface area contributed by atoms with E-state index in [1.165, 1.54) is 22.2 Å². The van der Waals surface area contributed by atoms with E-state index in [2.05, 4.69) is 4.98 Å². The second-order valence-corrected chi connectivity index (χ2v) is 7.88. The summed E-state index contributed by atoms with van der Waals surface area (Å²) in [5.41, 5.74) is 1.42. The number of thiophene rings is 1. The molecule has 0 spiro atoms. The van der Waals surface area contributed by atoms with Crippen LogP contribution in [-0.2, 0) is 11.3 Å². The van der Waals surface area contributed by atoms with Gasteiger partial charge < -0.3 is 14.4 Å². The Morgan fingerprint density at radius 1 is 1.14 bits per heavy atom. The van der Waals surface area contributed by atoms with Crippen LogP contribution in [0.3, 0.4) is 0 Å². The van der Waals surface area contributed by atoms with Crippen LogP contribution < -0.4 is 15.0 Å². The third-order valence-corrected chi connectivity index (χ3v) is 6.16. The van der Waals surface area contributed by atoms with Gasteiger partial charge in [0.05, 0.1) is 25.9 Å². The lowest BCUT2D eigenvalue weighted by molar-refractivity contribution is -0.132. The van der Waals surface area contributed by atoms with Gasteiger partial charge in [0.2, 0.25) is 5.91 Å². The van der Waals surface area contributed by atoms with Crippen molar-refractivity contribution in [2.24, 2.45) is 0 Å². The van der Waals surface area contributed by atoms with E-state index in [4.69, 9.17) is 9.47 Å². The number of aromatic nitrogens is 2. The van der Waals surface area contributed by atoms with E-state index in [9.17, 15) is 9.59 Å². The van der Waals surface area contributed by atoms with Crippen LogP contribution in [0.5, 0.6) is 11.5 Å². The zero-order valence-electron chi connectivity index (χ0n) is 16.5. The highest BCUT2D eigenvalue weighted by Crippen LogP contribution is 2.36. The molecule has 0 bridgehead atoms. The molecule has 1 amide bonds. The van der Waals surface area contributed by atoms with Gasteiger partial charge in [-0.1, -0.05) is 6.07 Å². The number of amides is 1. The molecule has 29 heavy (non-hydrogen) atoms. The van der Waals surface area contributed by atoms with Crippen molar-refractivity contribution >= 4 is 27.5 Å². The van der Waals surface area contributed by atoms with Crippen LogP contribution in [0, 0.1) is 0 Å². The summed E-state index contributed by atoms with van der Waals surface area (Å²) in [6.07, 6.45) is 4.67. The molecule has 4 rings (SSSR count). The maximum absolute atomic E-state index is 13.2. The van der Waals surface area contributed by atoms with Gasteiger partial charge >= 0.3 is 0 Å². The maximum atomic E-state index is 13.2. The molecule has 0 radical (unpaired) electrons. The Morgan fingerprint density at radius 3 is 2.62 bits per heavy atom. The molecule has 1 aliphatic heterocycles. The van der Waals surface area contributed by atoms with Gasteiger partial charge in [0.15, 0.2) is 11.5 Å². The number of benzene rings is 1. The molecule has 8 heteroatoms. The predicted octanol–water partition coefficient (Wildman–Crippen LogP) is 3.15. The average molecular weight is 413 g/mol. The van der Waals surface area contributed by atoms with Crippen molar-refractivity contribution in [1.82, 2.24) is 14.5 Å². The molecule has 0 saturated carbocycles. The lowest BCUT2D eigenvalue weighted by atomic mass is 10.1. The van der Waals surface area contributed by atoms with Crippen molar-refractivity contribution in [3.05, 3.63) is 40.3 Å². The number of methoxy groups -OCH3 is 2. The van der Waals surface area contributed by atoms with Crippen LogP contribution >= 0.6 is 11.3 Å². The molecule has 2 aromatic heterocycles. The Labute approximate surface area is 172 Å². The molecule has 0 atom stereocenters. The van der Waals surface area contributed by atoms with Crippen LogP contribution in [0.1, 0.15) is 19.3 Å². The fourth-order valence-electron chi connectivity index (χ4n) is 3.69. The Kier molecular flexibility index (Phi) is 5.53. The first-order valence-corrected chi connectivity index (χ1v) is 10.5. The van der Waals surface area contributed by atoms with E-state index in [0.29, 0.717) is 21.7 Å². The van der Waals surface area contributed by atoms with Crippen molar-refractivity contribution in [3.63, 3.8) is 0 Å². The summed E-state index contributed by atoms with van der Waals surface area (Å²) in [7, 11) is 3.16. The highest BCUT2D eigenvalue weighted by Gasteiger charge is 2.20. The van der Waals surface area contributed by atoms with Crippen LogP contribution in [0.2, 0.25) is 0 Å². The molecule has 1 aromatic carbocycles. The first-order chi connectivity index (χ1) is 14.1. The lowest BCUT2D eigenvalue weighted by Crippen LogP contribution is -2.39. The van der Waals surface area contributed by atoms with E-state index < -0.39 is 0 Å². The highest BCUT2D eigenvalue weighted by molar-refractivity contribution is 7.17. The molecule has 0 unspecified atom stereocenters. The monoisotopic (exact) mass is 413 g/mol. The number of carbonyl (C=O) groups is 1. The SMILES string of the molecule is COc1ccc(-c2csc3ncn(CC(=O)N4CCCCC4)c(=O)c23)cc1OC. The minimum Gasteiger partial charge on any atom is -0.493 e. The molecule has 1 saturated heterocycles. The standard InChI is InChI=1S/C21H23N3O4S/c1-27-16-7-6-14(10-17(16)28-2)15-12-29-20-19(15)21(26)24(13-22-20)11-18(25)23-8-4-3-5-9-23/h6-7,10,12-13H,3-5,8-9,11H2,1-2H3. The summed E-state index contributed by atoms with van der Waals surface area (Å²) in [6.45, 7) is 1.54. The maximum Gasteiger partial charge on any atom is 0.263 e. The first-order valence-electron chi connectivity index (χ1n) is 9.59. The van der Waals surface area contributed by atoms with E-state index in [-0.39, 0.29) is 18.0 Å². The number of piperidine rings is 1. The van der Waals surface area contributed by atoms with Gasteiger partial charge in [0.25, 0.3) is 5.56 Å². The van der Waals surface area contributed by atoms with Crippen LogP contribution in [0.25, 0.3) is 21.3 Å². The van der Waals surface area contributed by atoms with Gasteiger partial charge in [-0.05, 0) is 37.0 Å². The van der Waals surface area contributed by atoms with Crippen LogP contribution in [0.4, 0.5) is 0 Å². The molecule has 152 valence electrons. The molecule has 0 aliphatic carbocycles. The van der Waals surface area contributed by atoms with Crippen molar-refractivity contribution in [1.29, 1.82) is 0 Å². The third kappa shape index (κ3) is 3.72. The summed E-state index contributed by atoms with van der Waals surface area (Å²) in [5.74, 6) is 1.18. The molecule has 1 fully saturated rings. The van der Waals surface area contributed by atoms with E-state index in [1.807, 2.05) is 28.5 Å². The molecular formula is C21H23N3O4S.